The van der Waals surface area contributed by atoms with Crippen LogP contribution < -0.4 is 11.3 Å². The lowest BCUT2D eigenvalue weighted by molar-refractivity contribution is 0.00695. The van der Waals surface area contributed by atoms with E-state index in [1.807, 2.05) is 45.0 Å². The molecule has 0 amide bonds. The van der Waals surface area contributed by atoms with Gasteiger partial charge in [0.1, 0.15) is 5.60 Å². The Balaban J connectivity index is 1.93. The average molecular weight is 305 g/mol. The van der Waals surface area contributed by atoms with Crippen molar-refractivity contribution in [3.63, 3.8) is 0 Å². The first-order chi connectivity index (χ1) is 10.4. The smallest absolute Gasteiger partial charge is 0.338 e. The van der Waals surface area contributed by atoms with Gasteiger partial charge >= 0.3 is 5.97 Å². The van der Waals surface area contributed by atoms with Gasteiger partial charge in [0, 0.05) is 19.1 Å². The summed E-state index contributed by atoms with van der Waals surface area (Å²) >= 11 is 0. The Hall–Kier alpha value is -1.43. The number of nitrogens with two attached hydrogens (primary N) is 1. The second-order valence-electron chi connectivity index (χ2n) is 6.94. The Labute approximate surface area is 132 Å². The Bertz CT molecular complexity index is 494. The van der Waals surface area contributed by atoms with Crippen molar-refractivity contribution < 1.29 is 9.53 Å². The largest absolute Gasteiger partial charge is 0.456 e. The fourth-order valence-corrected chi connectivity index (χ4v) is 2.68. The molecule has 1 atom stereocenters. The highest BCUT2D eigenvalue weighted by Crippen LogP contribution is 2.16. The van der Waals surface area contributed by atoms with Crippen LogP contribution in [0.3, 0.4) is 0 Å². The molecule has 1 aliphatic heterocycles. The number of nitrogens with one attached hydrogen (secondary N) is 1. The van der Waals surface area contributed by atoms with E-state index in [1.54, 1.807) is 0 Å². The summed E-state index contributed by atoms with van der Waals surface area (Å²) in [4.78, 5) is 14.4. The van der Waals surface area contributed by atoms with Crippen LogP contribution in [0.4, 0.5) is 0 Å². The number of likely N-dealkylation sites (tertiary alicyclic amines) is 1. The molecule has 1 heterocycles. The van der Waals surface area contributed by atoms with Gasteiger partial charge in [-0.15, -0.1) is 0 Å². The Morgan fingerprint density at radius 1 is 1.36 bits per heavy atom. The number of benzene rings is 1. The van der Waals surface area contributed by atoms with E-state index < -0.39 is 5.60 Å². The molecule has 1 unspecified atom stereocenters. The van der Waals surface area contributed by atoms with Crippen LogP contribution in [-0.4, -0.2) is 35.6 Å². The van der Waals surface area contributed by atoms with Gasteiger partial charge in [-0.25, -0.2) is 4.79 Å². The van der Waals surface area contributed by atoms with Crippen LogP contribution in [0.25, 0.3) is 0 Å². The monoisotopic (exact) mass is 305 g/mol. The maximum Gasteiger partial charge on any atom is 0.338 e. The quantitative estimate of drug-likeness (QED) is 0.506. The number of ether oxygens (including phenoxy) is 1. The van der Waals surface area contributed by atoms with Crippen molar-refractivity contribution in [3.05, 3.63) is 35.4 Å². The molecule has 0 aromatic heterocycles. The van der Waals surface area contributed by atoms with Crippen LogP contribution in [0.2, 0.25) is 0 Å². The van der Waals surface area contributed by atoms with E-state index >= 15 is 0 Å². The minimum absolute atomic E-state index is 0.274. The summed E-state index contributed by atoms with van der Waals surface area (Å²) in [5, 5.41) is 0. The number of carbonyl (C=O) groups excluding carboxylic acids is 1. The van der Waals surface area contributed by atoms with E-state index in [2.05, 4.69) is 10.3 Å². The molecule has 0 saturated carbocycles. The number of carbonyl (C=O) groups is 1. The molecule has 0 radical (unpaired) electrons. The van der Waals surface area contributed by atoms with Gasteiger partial charge in [0.05, 0.1) is 5.56 Å². The van der Waals surface area contributed by atoms with Crippen molar-refractivity contribution in [1.82, 2.24) is 10.3 Å². The fourth-order valence-electron chi connectivity index (χ4n) is 2.68. The molecular weight excluding hydrogens is 278 g/mol. The van der Waals surface area contributed by atoms with Gasteiger partial charge in [-0.1, -0.05) is 12.1 Å². The highest BCUT2D eigenvalue weighted by Gasteiger charge is 2.20. The zero-order valence-corrected chi connectivity index (χ0v) is 13.8. The molecule has 1 aromatic carbocycles. The second kappa shape index (κ2) is 7.22. The van der Waals surface area contributed by atoms with Crippen LogP contribution in [0.15, 0.2) is 24.3 Å². The molecule has 0 bridgehead atoms. The molecule has 5 heteroatoms. The van der Waals surface area contributed by atoms with Crippen LogP contribution in [0.5, 0.6) is 0 Å². The maximum atomic E-state index is 12.0. The van der Waals surface area contributed by atoms with Gasteiger partial charge in [0.25, 0.3) is 0 Å². The lowest BCUT2D eigenvalue weighted by Crippen LogP contribution is -2.47. The summed E-state index contributed by atoms with van der Waals surface area (Å²) in [5.74, 6) is 5.26. The van der Waals surface area contributed by atoms with E-state index in [4.69, 9.17) is 10.6 Å². The van der Waals surface area contributed by atoms with Crippen molar-refractivity contribution in [2.45, 2.75) is 51.8 Å². The molecule has 122 valence electrons. The number of hydrazine groups is 1. The molecule has 5 nitrogen and oxygen atoms in total. The average Bonchev–Trinajstić information content (AvgIpc) is 2.46. The first kappa shape index (κ1) is 16.9. The second-order valence-corrected chi connectivity index (χ2v) is 6.94. The van der Waals surface area contributed by atoms with E-state index in [-0.39, 0.29) is 5.97 Å². The summed E-state index contributed by atoms with van der Waals surface area (Å²) in [6.45, 7) is 8.55. The lowest BCUT2D eigenvalue weighted by Gasteiger charge is -2.32. The van der Waals surface area contributed by atoms with Gasteiger partial charge in [0.15, 0.2) is 0 Å². The number of rotatable bonds is 4. The Morgan fingerprint density at radius 2 is 2.05 bits per heavy atom. The molecule has 2 rings (SSSR count). The van der Waals surface area contributed by atoms with Crippen molar-refractivity contribution in [3.8, 4) is 0 Å². The first-order valence-electron chi connectivity index (χ1n) is 7.88. The number of hydrogen-bond acceptors (Lipinski definition) is 5. The zero-order chi connectivity index (χ0) is 16.2. The van der Waals surface area contributed by atoms with Crippen LogP contribution >= 0.6 is 0 Å². The molecule has 0 spiro atoms. The lowest BCUT2D eigenvalue weighted by atomic mass is 10.0. The molecule has 22 heavy (non-hydrogen) atoms. The van der Waals surface area contributed by atoms with E-state index in [0.717, 1.165) is 32.5 Å². The van der Waals surface area contributed by atoms with Gasteiger partial charge in [-0.3, -0.25) is 16.2 Å². The normalized spacial score (nSPS) is 19.9. The van der Waals surface area contributed by atoms with E-state index in [1.165, 1.54) is 5.56 Å². The fraction of sp³-hybridized carbons (Fsp3) is 0.588. The third kappa shape index (κ3) is 5.09. The van der Waals surface area contributed by atoms with Crippen LogP contribution in [0.1, 0.15) is 49.5 Å². The van der Waals surface area contributed by atoms with Crippen molar-refractivity contribution in [1.29, 1.82) is 0 Å². The topological polar surface area (TPSA) is 67.6 Å². The zero-order valence-electron chi connectivity index (χ0n) is 13.8. The summed E-state index contributed by atoms with van der Waals surface area (Å²) in [7, 11) is 0. The molecule has 1 saturated heterocycles. The first-order valence-corrected chi connectivity index (χ1v) is 7.88. The third-order valence-corrected chi connectivity index (χ3v) is 3.74. The maximum absolute atomic E-state index is 12.0. The predicted molar refractivity (Wildman–Crippen MR) is 87.2 cm³/mol. The van der Waals surface area contributed by atoms with Crippen LogP contribution in [0, 0.1) is 0 Å². The summed E-state index contributed by atoms with van der Waals surface area (Å²) in [6.07, 6.45) is 2.29. The standard InChI is InChI=1S/C17H27N3O2/c1-17(2,3)22-16(21)14-8-6-13(7-9-14)11-20-10-4-5-15(12-20)19-18/h6-9,15,19H,4-5,10-12,18H2,1-3H3. The molecule has 1 aliphatic rings. The minimum Gasteiger partial charge on any atom is -0.456 e. The van der Waals surface area contributed by atoms with Gasteiger partial charge in [-0.2, -0.15) is 0 Å². The summed E-state index contributed by atoms with van der Waals surface area (Å²) in [5.41, 5.74) is 4.19. The van der Waals surface area contributed by atoms with E-state index in [9.17, 15) is 4.79 Å². The third-order valence-electron chi connectivity index (χ3n) is 3.74. The number of piperidine rings is 1. The van der Waals surface area contributed by atoms with Gasteiger partial charge in [0.2, 0.25) is 0 Å². The van der Waals surface area contributed by atoms with Crippen LogP contribution in [-0.2, 0) is 11.3 Å². The number of esters is 1. The Kier molecular flexibility index (Phi) is 5.56. The highest BCUT2D eigenvalue weighted by molar-refractivity contribution is 5.89. The molecule has 3 N–H and O–H groups in total. The molecular formula is C17H27N3O2. The predicted octanol–water partition coefficient (Wildman–Crippen LogP) is 2.07. The SMILES string of the molecule is CC(C)(C)OC(=O)c1ccc(CN2CCCC(NN)C2)cc1. The Morgan fingerprint density at radius 3 is 2.64 bits per heavy atom. The van der Waals surface area contributed by atoms with Crippen molar-refractivity contribution in [2.75, 3.05) is 13.1 Å². The molecule has 1 fully saturated rings. The summed E-state index contributed by atoms with van der Waals surface area (Å²) < 4.78 is 5.37. The minimum atomic E-state index is -0.464. The van der Waals surface area contributed by atoms with E-state index in [0.29, 0.717) is 11.6 Å². The number of hydrogen-bond donors (Lipinski definition) is 2. The van der Waals surface area contributed by atoms with Gasteiger partial charge < -0.3 is 4.74 Å². The highest BCUT2D eigenvalue weighted by atomic mass is 16.6. The van der Waals surface area contributed by atoms with Crippen molar-refractivity contribution in [2.24, 2.45) is 5.84 Å². The van der Waals surface area contributed by atoms with Gasteiger partial charge in [-0.05, 0) is 57.9 Å². The summed E-state index contributed by atoms with van der Waals surface area (Å²) in [6, 6.07) is 8.05. The molecule has 1 aromatic rings. The molecule has 0 aliphatic carbocycles. The van der Waals surface area contributed by atoms with Crippen molar-refractivity contribution >= 4 is 5.97 Å². The number of nitrogens with zero attached hydrogens (tertiary/aromatic N) is 1.